The molecule has 0 atom stereocenters. The highest BCUT2D eigenvalue weighted by Gasteiger charge is 2.23. The minimum absolute atomic E-state index is 0.169. The summed E-state index contributed by atoms with van der Waals surface area (Å²) < 4.78 is 16.2. The van der Waals surface area contributed by atoms with Crippen LogP contribution in [0.25, 0.3) is 0 Å². The lowest BCUT2D eigenvalue weighted by atomic mass is 9.88. The Morgan fingerprint density at radius 2 is 1.44 bits per heavy atom. The highest BCUT2D eigenvalue weighted by molar-refractivity contribution is 5.92. The lowest BCUT2D eigenvalue weighted by Crippen LogP contribution is -2.20. The van der Waals surface area contributed by atoms with Crippen molar-refractivity contribution in [2.24, 2.45) is 0 Å². The van der Waals surface area contributed by atoms with Gasteiger partial charge in [0.15, 0.2) is 11.5 Å². The van der Waals surface area contributed by atoms with Crippen molar-refractivity contribution >= 4 is 5.97 Å². The molecule has 0 saturated heterocycles. The van der Waals surface area contributed by atoms with Gasteiger partial charge in [-0.15, -0.1) is 0 Å². The number of carboxylic acid groups (broad SMARTS) is 1. The number of hydrogen-bond donors (Lipinski definition) is 2. The van der Waals surface area contributed by atoms with E-state index in [9.17, 15) is 9.90 Å². The minimum atomic E-state index is -1.02. The summed E-state index contributed by atoms with van der Waals surface area (Å²) in [4.78, 5) is 11.9. The van der Waals surface area contributed by atoms with Crippen molar-refractivity contribution in [1.82, 2.24) is 5.32 Å². The van der Waals surface area contributed by atoms with Gasteiger partial charge in [0, 0.05) is 11.5 Å². The standard InChI is InChI=1S/C28H33NO5/c1-32-25-19-24(28(30)31)23(26(33-2)27(25)34-3)15-10-17-29-18-16-22(20-11-6-4-7-12-20)21-13-8-5-9-14-21/h4-9,11-14,19,22,29H,10,15-18H2,1-3H3,(H,30,31). The summed E-state index contributed by atoms with van der Waals surface area (Å²) >= 11 is 0. The lowest BCUT2D eigenvalue weighted by molar-refractivity contribution is 0.0694. The van der Waals surface area contributed by atoms with Gasteiger partial charge in [-0.05, 0) is 49.5 Å². The van der Waals surface area contributed by atoms with Crippen LogP contribution in [-0.2, 0) is 6.42 Å². The number of rotatable bonds is 13. The second-order valence-corrected chi connectivity index (χ2v) is 7.99. The van der Waals surface area contributed by atoms with Gasteiger partial charge in [-0.2, -0.15) is 0 Å². The summed E-state index contributed by atoms with van der Waals surface area (Å²) in [6.07, 6.45) is 2.26. The molecule has 0 spiro atoms. The summed E-state index contributed by atoms with van der Waals surface area (Å²) in [5, 5.41) is 13.2. The Morgan fingerprint density at radius 1 is 0.853 bits per heavy atom. The predicted molar refractivity (Wildman–Crippen MR) is 134 cm³/mol. The smallest absolute Gasteiger partial charge is 0.336 e. The number of aromatic carboxylic acids is 1. The van der Waals surface area contributed by atoms with Crippen LogP contribution >= 0.6 is 0 Å². The van der Waals surface area contributed by atoms with Crippen LogP contribution in [0.15, 0.2) is 66.7 Å². The third-order valence-electron chi connectivity index (χ3n) is 5.96. The first-order valence-electron chi connectivity index (χ1n) is 11.5. The zero-order valence-corrected chi connectivity index (χ0v) is 20.0. The molecule has 0 radical (unpaired) electrons. The van der Waals surface area contributed by atoms with E-state index in [0.717, 1.165) is 25.9 Å². The molecule has 0 fully saturated rings. The molecule has 2 N–H and O–H groups in total. The Morgan fingerprint density at radius 3 is 1.94 bits per heavy atom. The Kier molecular flexibility index (Phi) is 9.35. The van der Waals surface area contributed by atoms with Crippen molar-refractivity contribution in [3.63, 3.8) is 0 Å². The fourth-order valence-corrected chi connectivity index (χ4v) is 4.31. The van der Waals surface area contributed by atoms with Gasteiger partial charge >= 0.3 is 5.97 Å². The van der Waals surface area contributed by atoms with Gasteiger partial charge in [-0.25, -0.2) is 4.79 Å². The van der Waals surface area contributed by atoms with Crippen molar-refractivity contribution < 1.29 is 24.1 Å². The van der Waals surface area contributed by atoms with Crippen LogP contribution in [0.2, 0.25) is 0 Å². The van der Waals surface area contributed by atoms with Gasteiger partial charge in [0.1, 0.15) is 0 Å². The molecule has 0 aliphatic rings. The normalized spacial score (nSPS) is 10.8. The summed E-state index contributed by atoms with van der Waals surface area (Å²) in [5.74, 6) is 0.459. The summed E-state index contributed by atoms with van der Waals surface area (Å²) in [5.41, 5.74) is 3.39. The lowest BCUT2D eigenvalue weighted by Gasteiger charge is -2.19. The molecule has 3 aromatic rings. The first-order chi connectivity index (χ1) is 16.6. The van der Waals surface area contributed by atoms with Crippen LogP contribution in [0.5, 0.6) is 17.2 Å². The average molecular weight is 464 g/mol. The van der Waals surface area contributed by atoms with Gasteiger partial charge in [0.25, 0.3) is 0 Å². The Hall–Kier alpha value is -3.51. The minimum Gasteiger partial charge on any atom is -0.493 e. The van der Waals surface area contributed by atoms with Crippen LogP contribution in [0.1, 0.15) is 45.8 Å². The molecule has 0 unspecified atom stereocenters. The van der Waals surface area contributed by atoms with Crippen LogP contribution in [0, 0.1) is 0 Å². The van der Waals surface area contributed by atoms with Crippen molar-refractivity contribution in [2.75, 3.05) is 34.4 Å². The number of nitrogens with one attached hydrogen (secondary N) is 1. The molecular weight excluding hydrogens is 430 g/mol. The number of methoxy groups -OCH3 is 3. The second-order valence-electron chi connectivity index (χ2n) is 7.99. The molecule has 0 aliphatic heterocycles. The van der Waals surface area contributed by atoms with E-state index in [1.54, 1.807) is 0 Å². The molecule has 3 aromatic carbocycles. The number of benzene rings is 3. The first-order valence-corrected chi connectivity index (χ1v) is 11.5. The van der Waals surface area contributed by atoms with Gasteiger partial charge in [-0.1, -0.05) is 60.7 Å². The van der Waals surface area contributed by atoms with Crippen molar-refractivity contribution in [3.8, 4) is 17.2 Å². The monoisotopic (exact) mass is 463 g/mol. The molecule has 6 heteroatoms. The molecule has 0 heterocycles. The maximum absolute atomic E-state index is 11.9. The quantitative estimate of drug-likeness (QED) is 0.341. The Labute approximate surface area is 201 Å². The van der Waals surface area contributed by atoms with E-state index in [1.165, 1.54) is 38.5 Å². The molecule has 3 rings (SSSR count). The molecule has 6 nitrogen and oxygen atoms in total. The summed E-state index contributed by atoms with van der Waals surface area (Å²) in [6, 6.07) is 22.6. The molecule has 180 valence electrons. The molecule has 0 aliphatic carbocycles. The number of carboxylic acids is 1. The topological polar surface area (TPSA) is 77.0 Å². The van der Waals surface area contributed by atoms with Crippen molar-refractivity contribution in [2.45, 2.75) is 25.2 Å². The van der Waals surface area contributed by atoms with Crippen molar-refractivity contribution in [1.29, 1.82) is 0 Å². The van der Waals surface area contributed by atoms with Gasteiger partial charge in [0.05, 0.1) is 26.9 Å². The number of hydrogen-bond acceptors (Lipinski definition) is 5. The van der Waals surface area contributed by atoms with E-state index in [2.05, 4.69) is 53.8 Å². The number of ether oxygens (including phenoxy) is 3. The van der Waals surface area contributed by atoms with Crippen LogP contribution < -0.4 is 19.5 Å². The fourth-order valence-electron chi connectivity index (χ4n) is 4.31. The molecule has 34 heavy (non-hydrogen) atoms. The van der Waals surface area contributed by atoms with E-state index in [0.29, 0.717) is 35.2 Å². The van der Waals surface area contributed by atoms with E-state index in [-0.39, 0.29) is 5.56 Å². The van der Waals surface area contributed by atoms with E-state index in [1.807, 2.05) is 12.1 Å². The predicted octanol–water partition coefficient (Wildman–Crippen LogP) is 5.16. The highest BCUT2D eigenvalue weighted by atomic mass is 16.5. The molecular formula is C28H33NO5. The molecule has 0 aromatic heterocycles. The molecule has 0 amide bonds. The van der Waals surface area contributed by atoms with Gasteiger partial charge < -0.3 is 24.6 Å². The highest BCUT2D eigenvalue weighted by Crippen LogP contribution is 2.42. The Bertz CT molecular complexity index is 1010. The SMILES string of the molecule is COc1cc(C(=O)O)c(CCCNCCC(c2ccccc2)c2ccccc2)c(OC)c1OC. The second kappa shape index (κ2) is 12.7. The van der Waals surface area contributed by atoms with Crippen molar-refractivity contribution in [3.05, 3.63) is 89.0 Å². The zero-order valence-electron chi connectivity index (χ0n) is 20.0. The van der Waals surface area contributed by atoms with E-state index in [4.69, 9.17) is 14.2 Å². The average Bonchev–Trinajstić information content (AvgIpc) is 2.88. The zero-order chi connectivity index (χ0) is 24.3. The van der Waals surface area contributed by atoms with Gasteiger partial charge in [0.2, 0.25) is 5.75 Å². The third-order valence-corrected chi connectivity index (χ3v) is 5.96. The number of carbonyl (C=O) groups is 1. The van der Waals surface area contributed by atoms with Crippen LogP contribution in [-0.4, -0.2) is 45.5 Å². The maximum atomic E-state index is 11.9. The molecule has 0 saturated carbocycles. The summed E-state index contributed by atoms with van der Waals surface area (Å²) in [7, 11) is 4.50. The fraction of sp³-hybridized carbons (Fsp3) is 0.321. The largest absolute Gasteiger partial charge is 0.493 e. The van der Waals surface area contributed by atoms with Crippen LogP contribution in [0.3, 0.4) is 0 Å². The summed E-state index contributed by atoms with van der Waals surface area (Å²) in [6.45, 7) is 1.61. The maximum Gasteiger partial charge on any atom is 0.336 e. The van der Waals surface area contributed by atoms with Gasteiger partial charge in [-0.3, -0.25) is 0 Å². The third kappa shape index (κ3) is 6.08. The van der Waals surface area contributed by atoms with E-state index >= 15 is 0 Å². The Balaban J connectivity index is 1.62. The van der Waals surface area contributed by atoms with Crippen LogP contribution in [0.4, 0.5) is 0 Å². The van der Waals surface area contributed by atoms with E-state index < -0.39 is 5.97 Å². The molecule has 0 bridgehead atoms. The first kappa shape index (κ1) is 25.1.